The lowest BCUT2D eigenvalue weighted by atomic mass is 10.1. The second-order valence-electron chi connectivity index (χ2n) is 5.06. The molecule has 5 heteroatoms. The van der Waals surface area contributed by atoms with Crippen LogP contribution in [0.25, 0.3) is 0 Å². The number of benzene rings is 1. The molecule has 0 bridgehead atoms. The number of hydrogen-bond acceptors (Lipinski definition) is 3. The molecule has 4 nitrogen and oxygen atoms in total. The Hall–Kier alpha value is -1.55. The highest BCUT2D eigenvalue weighted by molar-refractivity contribution is 6.38. The van der Waals surface area contributed by atoms with E-state index in [2.05, 4.69) is 15.4 Å². The summed E-state index contributed by atoms with van der Waals surface area (Å²) in [5.41, 5.74) is 4.73. The van der Waals surface area contributed by atoms with Gasteiger partial charge in [-0.15, -0.1) is 0 Å². The van der Waals surface area contributed by atoms with Crippen LogP contribution < -0.4 is 5.43 Å². The summed E-state index contributed by atoms with van der Waals surface area (Å²) in [6.45, 7) is 5.28. The third-order valence-corrected chi connectivity index (χ3v) is 3.93. The first-order valence-electron chi connectivity index (χ1n) is 6.94. The van der Waals surface area contributed by atoms with Crippen molar-refractivity contribution in [3.8, 4) is 0 Å². The molecular formula is C15H20ClN3O. The van der Waals surface area contributed by atoms with Crippen molar-refractivity contribution in [1.82, 2.24) is 4.90 Å². The normalized spacial score (nSPS) is 16.1. The van der Waals surface area contributed by atoms with Gasteiger partial charge in [0.2, 0.25) is 0 Å². The van der Waals surface area contributed by atoms with E-state index in [1.807, 2.05) is 25.1 Å². The average Bonchev–Trinajstić information content (AvgIpc) is 2.44. The van der Waals surface area contributed by atoms with Crippen LogP contribution in [-0.4, -0.2) is 29.6 Å². The first-order chi connectivity index (χ1) is 9.59. The number of nitrogens with zero attached hydrogens (tertiary/aromatic N) is 2. The zero-order valence-electron chi connectivity index (χ0n) is 11.9. The summed E-state index contributed by atoms with van der Waals surface area (Å²) >= 11 is 6.07. The maximum Gasteiger partial charge on any atom is 0.196 e. The van der Waals surface area contributed by atoms with Gasteiger partial charge in [-0.25, -0.2) is 0 Å². The first kappa shape index (κ1) is 14.9. The molecule has 1 aromatic carbocycles. The van der Waals surface area contributed by atoms with E-state index in [1.54, 1.807) is 6.92 Å². The summed E-state index contributed by atoms with van der Waals surface area (Å²) in [6, 6.07) is 5.60. The number of rotatable bonds is 3. The summed E-state index contributed by atoms with van der Waals surface area (Å²) in [4.78, 5) is 13.8. The van der Waals surface area contributed by atoms with Gasteiger partial charge in [0.05, 0.1) is 5.69 Å². The Labute approximate surface area is 124 Å². The molecule has 2 rings (SSSR count). The van der Waals surface area contributed by atoms with Crippen molar-refractivity contribution in [2.75, 3.05) is 18.5 Å². The van der Waals surface area contributed by atoms with Crippen molar-refractivity contribution < 1.29 is 4.79 Å². The van der Waals surface area contributed by atoms with Gasteiger partial charge in [-0.1, -0.05) is 17.7 Å². The van der Waals surface area contributed by atoms with Crippen molar-refractivity contribution in [2.45, 2.75) is 33.1 Å². The molecule has 1 saturated heterocycles. The van der Waals surface area contributed by atoms with E-state index in [1.165, 1.54) is 6.42 Å². The number of anilines is 1. The minimum atomic E-state index is -0.0147. The van der Waals surface area contributed by atoms with Gasteiger partial charge in [-0.05, 0) is 43.9 Å². The Bertz CT molecular complexity index is 522. The molecule has 1 N–H and O–H groups in total. The fourth-order valence-corrected chi connectivity index (χ4v) is 2.49. The van der Waals surface area contributed by atoms with Gasteiger partial charge < -0.3 is 4.90 Å². The first-order valence-corrected chi connectivity index (χ1v) is 7.32. The Morgan fingerprint density at radius 3 is 2.65 bits per heavy atom. The lowest BCUT2D eigenvalue weighted by Gasteiger charge is -2.28. The van der Waals surface area contributed by atoms with Gasteiger partial charge in [0.1, 0.15) is 0 Å². The Morgan fingerprint density at radius 2 is 2.00 bits per heavy atom. The second-order valence-corrected chi connectivity index (χ2v) is 5.47. The molecule has 0 aliphatic carbocycles. The molecule has 1 aromatic rings. The standard InChI is InChI=1S/C15H20ClN3O/c1-11-13(16)7-6-8-14(11)17-18-15(12(2)20)19-9-4-3-5-10-19/h6-8,17H,3-5,9-10H2,1-2H3/b18-15-. The Morgan fingerprint density at radius 1 is 1.30 bits per heavy atom. The van der Waals surface area contributed by atoms with E-state index in [-0.39, 0.29) is 5.78 Å². The maximum atomic E-state index is 11.8. The van der Waals surface area contributed by atoms with Gasteiger partial charge in [-0.3, -0.25) is 10.2 Å². The van der Waals surface area contributed by atoms with E-state index in [4.69, 9.17) is 11.6 Å². The molecule has 0 atom stereocenters. The number of piperidine rings is 1. The number of carbonyl (C=O) groups excluding carboxylic acids is 1. The molecule has 0 saturated carbocycles. The lowest BCUT2D eigenvalue weighted by molar-refractivity contribution is -0.111. The van der Waals surface area contributed by atoms with Crippen LogP contribution in [-0.2, 0) is 4.79 Å². The zero-order valence-corrected chi connectivity index (χ0v) is 12.7. The van der Waals surface area contributed by atoms with Gasteiger partial charge in [0.25, 0.3) is 0 Å². The molecule has 1 heterocycles. The number of Topliss-reactive ketones (excluding diaryl/α,β-unsaturated/α-hetero) is 1. The predicted molar refractivity (Wildman–Crippen MR) is 83.4 cm³/mol. The van der Waals surface area contributed by atoms with E-state index >= 15 is 0 Å². The molecular weight excluding hydrogens is 274 g/mol. The largest absolute Gasteiger partial charge is 0.352 e. The number of hydrogen-bond donors (Lipinski definition) is 1. The SMILES string of the molecule is CC(=O)/C(=N/Nc1cccc(Cl)c1C)N1CCCCC1. The summed E-state index contributed by atoms with van der Waals surface area (Å²) < 4.78 is 0. The fraction of sp³-hybridized carbons (Fsp3) is 0.467. The maximum absolute atomic E-state index is 11.8. The van der Waals surface area contributed by atoms with Crippen molar-refractivity contribution in [1.29, 1.82) is 0 Å². The van der Waals surface area contributed by atoms with Gasteiger partial charge in [0.15, 0.2) is 11.6 Å². The average molecular weight is 294 g/mol. The molecule has 0 radical (unpaired) electrons. The quantitative estimate of drug-likeness (QED) is 0.527. The molecule has 20 heavy (non-hydrogen) atoms. The van der Waals surface area contributed by atoms with Crippen LogP contribution >= 0.6 is 11.6 Å². The molecule has 1 aliphatic rings. The molecule has 0 aromatic heterocycles. The molecule has 1 fully saturated rings. The van der Waals surface area contributed by atoms with Crippen LogP contribution in [0.4, 0.5) is 5.69 Å². The number of nitrogens with one attached hydrogen (secondary N) is 1. The molecule has 108 valence electrons. The summed E-state index contributed by atoms with van der Waals surface area (Å²) in [5.74, 6) is 0.489. The minimum Gasteiger partial charge on any atom is -0.352 e. The van der Waals surface area contributed by atoms with E-state index in [9.17, 15) is 4.79 Å². The van der Waals surface area contributed by atoms with Gasteiger partial charge in [-0.2, -0.15) is 5.10 Å². The number of ketones is 1. The van der Waals surface area contributed by atoms with Crippen molar-refractivity contribution in [3.05, 3.63) is 28.8 Å². The number of carbonyl (C=O) groups is 1. The summed E-state index contributed by atoms with van der Waals surface area (Å²) in [7, 11) is 0. The highest BCUT2D eigenvalue weighted by Gasteiger charge is 2.18. The van der Waals surface area contributed by atoms with Crippen LogP contribution in [0.2, 0.25) is 5.02 Å². The van der Waals surface area contributed by atoms with Gasteiger partial charge >= 0.3 is 0 Å². The molecule has 1 aliphatic heterocycles. The third-order valence-electron chi connectivity index (χ3n) is 3.52. The fourth-order valence-electron chi connectivity index (χ4n) is 2.32. The predicted octanol–water partition coefficient (Wildman–Crippen LogP) is 3.45. The summed E-state index contributed by atoms with van der Waals surface area (Å²) in [5, 5.41) is 4.99. The lowest BCUT2D eigenvalue weighted by Crippen LogP contribution is -2.39. The van der Waals surface area contributed by atoms with Crippen LogP contribution in [0, 0.1) is 6.92 Å². The van der Waals surface area contributed by atoms with Crippen LogP contribution in [0.1, 0.15) is 31.7 Å². The number of likely N-dealkylation sites (tertiary alicyclic amines) is 1. The number of amidine groups is 1. The second kappa shape index (κ2) is 6.75. The zero-order chi connectivity index (χ0) is 14.5. The highest BCUT2D eigenvalue weighted by Crippen LogP contribution is 2.23. The minimum absolute atomic E-state index is 0.0147. The Balaban J connectivity index is 2.17. The molecule has 0 amide bonds. The van der Waals surface area contributed by atoms with Crippen LogP contribution in [0.3, 0.4) is 0 Å². The van der Waals surface area contributed by atoms with Crippen molar-refractivity contribution in [2.24, 2.45) is 5.10 Å². The van der Waals surface area contributed by atoms with E-state index in [0.717, 1.165) is 37.2 Å². The number of hydrazone groups is 1. The van der Waals surface area contributed by atoms with Crippen LogP contribution in [0.5, 0.6) is 0 Å². The van der Waals surface area contributed by atoms with Gasteiger partial charge in [0, 0.05) is 25.0 Å². The smallest absolute Gasteiger partial charge is 0.196 e. The third kappa shape index (κ3) is 3.51. The molecule has 0 unspecified atom stereocenters. The summed E-state index contributed by atoms with van der Waals surface area (Å²) in [6.07, 6.45) is 3.45. The highest BCUT2D eigenvalue weighted by atomic mass is 35.5. The van der Waals surface area contributed by atoms with Crippen molar-refractivity contribution in [3.63, 3.8) is 0 Å². The Kier molecular flexibility index (Phi) is 5.01. The topological polar surface area (TPSA) is 44.7 Å². The molecule has 0 spiro atoms. The van der Waals surface area contributed by atoms with Crippen LogP contribution in [0.15, 0.2) is 23.3 Å². The number of halogens is 1. The van der Waals surface area contributed by atoms with E-state index < -0.39 is 0 Å². The van der Waals surface area contributed by atoms with E-state index in [0.29, 0.717) is 10.9 Å². The monoisotopic (exact) mass is 293 g/mol. The van der Waals surface area contributed by atoms with Crippen molar-refractivity contribution >= 4 is 28.9 Å².